The van der Waals surface area contributed by atoms with E-state index >= 15 is 0 Å². The Morgan fingerprint density at radius 1 is 1.44 bits per heavy atom. The molecule has 0 fully saturated rings. The van der Waals surface area contributed by atoms with Gasteiger partial charge < -0.3 is 4.43 Å². The molecule has 0 saturated heterocycles. The molecule has 0 aromatic carbocycles. The Bertz CT molecular complexity index is 295. The minimum Gasteiger partial charge on any atom is -0.414 e. The summed E-state index contributed by atoms with van der Waals surface area (Å²) in [6, 6.07) is 0. The molecule has 0 bridgehead atoms. The Morgan fingerprint density at radius 3 is 2.28 bits per heavy atom. The van der Waals surface area contributed by atoms with E-state index in [0.29, 0.717) is 5.92 Å². The average Bonchev–Trinajstić information content (AvgIpc) is 2.22. The molecule has 1 nitrogen and oxygen atoms in total. The number of hydrogen-bond donors (Lipinski definition) is 0. The van der Waals surface area contributed by atoms with Crippen LogP contribution in [0.15, 0.2) is 12.7 Å². The lowest BCUT2D eigenvalue weighted by atomic mass is 10.0. The molecular weight excluding hydrogens is 276 g/mol. The van der Waals surface area contributed by atoms with Gasteiger partial charge in [-0.05, 0) is 37.7 Å². The monoisotopic (exact) mass is 304 g/mol. The van der Waals surface area contributed by atoms with E-state index in [4.69, 9.17) is 16.6 Å². The molecular formula is C14H28OS2Si. The van der Waals surface area contributed by atoms with E-state index < -0.39 is 8.32 Å². The number of hydrogen-bond acceptors (Lipinski definition) is 3. The van der Waals surface area contributed by atoms with Crippen molar-refractivity contribution in [1.82, 2.24) is 0 Å². The van der Waals surface area contributed by atoms with Gasteiger partial charge in [0.25, 0.3) is 0 Å². The van der Waals surface area contributed by atoms with Crippen LogP contribution in [0.5, 0.6) is 0 Å². The molecule has 0 saturated carbocycles. The number of rotatable bonds is 6. The maximum Gasteiger partial charge on any atom is 0.192 e. The van der Waals surface area contributed by atoms with Crippen LogP contribution >= 0.6 is 24.0 Å². The molecule has 0 aliphatic rings. The van der Waals surface area contributed by atoms with Crippen molar-refractivity contribution in [3.05, 3.63) is 12.7 Å². The lowest BCUT2D eigenvalue weighted by Gasteiger charge is -2.40. The zero-order valence-electron chi connectivity index (χ0n) is 12.9. The summed E-state index contributed by atoms with van der Waals surface area (Å²) in [4.78, 5) is 0. The summed E-state index contributed by atoms with van der Waals surface area (Å²) in [5, 5.41) is 0.243. The summed E-state index contributed by atoms with van der Waals surface area (Å²) in [6.07, 6.45) is 5.09. The van der Waals surface area contributed by atoms with Gasteiger partial charge in [-0.1, -0.05) is 39.1 Å². The average molecular weight is 305 g/mol. The van der Waals surface area contributed by atoms with Crippen LogP contribution in [-0.2, 0) is 4.43 Å². The van der Waals surface area contributed by atoms with Gasteiger partial charge in [-0.2, -0.15) is 0 Å². The van der Waals surface area contributed by atoms with E-state index in [1.807, 2.05) is 12.3 Å². The first-order chi connectivity index (χ1) is 8.05. The van der Waals surface area contributed by atoms with Crippen molar-refractivity contribution in [2.75, 3.05) is 6.26 Å². The summed E-state index contributed by atoms with van der Waals surface area (Å²) < 4.78 is 7.43. The van der Waals surface area contributed by atoms with Gasteiger partial charge in [-0.3, -0.25) is 0 Å². The Morgan fingerprint density at radius 2 is 1.94 bits per heavy atom. The van der Waals surface area contributed by atoms with Crippen LogP contribution < -0.4 is 0 Å². The quantitative estimate of drug-likeness (QED) is 0.375. The highest BCUT2D eigenvalue weighted by molar-refractivity contribution is 8.22. The summed E-state index contributed by atoms with van der Waals surface area (Å²) in [5.41, 5.74) is 0. The summed E-state index contributed by atoms with van der Waals surface area (Å²) in [5.74, 6) is 0.319. The van der Waals surface area contributed by atoms with Gasteiger partial charge in [0, 0.05) is 16.2 Å². The smallest absolute Gasteiger partial charge is 0.192 e. The Kier molecular flexibility index (Phi) is 7.37. The van der Waals surface area contributed by atoms with Crippen LogP contribution in [0.25, 0.3) is 0 Å². The van der Waals surface area contributed by atoms with E-state index in [9.17, 15) is 0 Å². The van der Waals surface area contributed by atoms with Crippen molar-refractivity contribution >= 4 is 36.5 Å². The Labute approximate surface area is 124 Å². The Hall–Kier alpha value is 0.357. The third kappa shape index (κ3) is 5.55. The van der Waals surface area contributed by atoms with Crippen LogP contribution in [0.3, 0.4) is 0 Å². The SMILES string of the molecule is C=CC(CC(=S)SC)[C@H](C)O[Si](C)(C)C(C)(C)C. The van der Waals surface area contributed by atoms with Crippen LogP contribution in [0.4, 0.5) is 0 Å². The largest absolute Gasteiger partial charge is 0.414 e. The first kappa shape index (κ1) is 18.4. The van der Waals surface area contributed by atoms with Crippen LogP contribution in [0.1, 0.15) is 34.1 Å². The van der Waals surface area contributed by atoms with Crippen molar-refractivity contribution in [2.24, 2.45) is 5.92 Å². The van der Waals surface area contributed by atoms with Crippen molar-refractivity contribution in [2.45, 2.75) is 58.4 Å². The highest BCUT2D eigenvalue weighted by Gasteiger charge is 2.39. The van der Waals surface area contributed by atoms with Crippen molar-refractivity contribution in [3.63, 3.8) is 0 Å². The highest BCUT2D eigenvalue weighted by atomic mass is 32.2. The second-order valence-corrected chi connectivity index (χ2v) is 12.7. The molecule has 0 spiro atoms. The van der Waals surface area contributed by atoms with Gasteiger partial charge in [-0.15, -0.1) is 18.3 Å². The maximum absolute atomic E-state index is 6.40. The van der Waals surface area contributed by atoms with Gasteiger partial charge in [0.15, 0.2) is 8.32 Å². The van der Waals surface area contributed by atoms with E-state index in [-0.39, 0.29) is 11.1 Å². The van der Waals surface area contributed by atoms with E-state index in [1.54, 1.807) is 11.8 Å². The van der Waals surface area contributed by atoms with Crippen molar-refractivity contribution < 1.29 is 4.43 Å². The fourth-order valence-electron chi connectivity index (χ4n) is 1.45. The molecule has 0 aliphatic carbocycles. The molecule has 0 aliphatic heterocycles. The third-order valence-electron chi connectivity index (χ3n) is 3.82. The van der Waals surface area contributed by atoms with Crippen molar-refractivity contribution in [3.8, 4) is 0 Å². The summed E-state index contributed by atoms with van der Waals surface area (Å²) in [6.45, 7) is 17.4. The molecule has 2 atom stereocenters. The topological polar surface area (TPSA) is 9.23 Å². The normalized spacial score (nSPS) is 16.2. The zero-order chi connectivity index (χ0) is 14.6. The third-order valence-corrected chi connectivity index (χ3v) is 9.68. The predicted molar refractivity (Wildman–Crippen MR) is 92.2 cm³/mol. The molecule has 4 heteroatoms. The van der Waals surface area contributed by atoms with Gasteiger partial charge in [0.1, 0.15) is 0 Å². The Balaban J connectivity index is 4.67. The molecule has 18 heavy (non-hydrogen) atoms. The zero-order valence-corrected chi connectivity index (χ0v) is 15.5. The standard InChI is InChI=1S/C14H28OS2Si/c1-9-12(10-13(16)17-6)11(2)15-18(7,8)14(3,4)5/h9,11-12H,1,10H2,2-8H3/t11-,12?/m0/s1. The number of thioether (sulfide) groups is 1. The lowest BCUT2D eigenvalue weighted by molar-refractivity contribution is 0.159. The van der Waals surface area contributed by atoms with E-state index in [1.165, 1.54) is 0 Å². The summed E-state index contributed by atoms with van der Waals surface area (Å²) in [7, 11) is -1.71. The molecule has 0 rings (SSSR count). The van der Waals surface area contributed by atoms with Crippen molar-refractivity contribution in [1.29, 1.82) is 0 Å². The highest BCUT2D eigenvalue weighted by Crippen LogP contribution is 2.38. The van der Waals surface area contributed by atoms with E-state index in [2.05, 4.69) is 47.4 Å². The van der Waals surface area contributed by atoms with Crippen LogP contribution in [-0.4, -0.2) is 24.9 Å². The molecule has 0 aromatic heterocycles. The van der Waals surface area contributed by atoms with Gasteiger partial charge >= 0.3 is 0 Å². The minimum absolute atomic E-state index is 0.188. The fraction of sp³-hybridized carbons (Fsp3) is 0.786. The maximum atomic E-state index is 6.40. The van der Waals surface area contributed by atoms with Gasteiger partial charge in [-0.25, -0.2) is 0 Å². The minimum atomic E-state index is -1.71. The number of thiocarbonyl (C=S) groups is 1. The predicted octanol–water partition coefficient (Wildman–Crippen LogP) is 5.28. The van der Waals surface area contributed by atoms with Gasteiger partial charge in [0.05, 0.1) is 0 Å². The van der Waals surface area contributed by atoms with Crippen LogP contribution in [0.2, 0.25) is 18.1 Å². The molecule has 0 heterocycles. The fourth-order valence-corrected chi connectivity index (χ4v) is 3.45. The lowest BCUT2D eigenvalue weighted by Crippen LogP contribution is -2.44. The molecule has 0 radical (unpaired) electrons. The summed E-state index contributed by atoms with van der Waals surface area (Å²) >= 11 is 6.95. The second kappa shape index (κ2) is 7.22. The first-order valence-electron chi connectivity index (χ1n) is 6.42. The van der Waals surface area contributed by atoms with Gasteiger partial charge in [0.2, 0.25) is 0 Å². The molecule has 0 amide bonds. The molecule has 0 aromatic rings. The molecule has 0 N–H and O–H groups in total. The van der Waals surface area contributed by atoms with Crippen LogP contribution in [0, 0.1) is 5.92 Å². The second-order valence-electron chi connectivity index (χ2n) is 6.26. The van der Waals surface area contributed by atoms with E-state index in [0.717, 1.165) is 10.6 Å². The molecule has 106 valence electrons. The first-order valence-corrected chi connectivity index (χ1v) is 11.0. The molecule has 1 unspecified atom stereocenters.